The number of carbonyl (C=O) groups excluding carboxylic acids is 2. The molecule has 9 heteroatoms. The van der Waals surface area contributed by atoms with Crippen molar-refractivity contribution in [1.82, 2.24) is 9.97 Å². The summed E-state index contributed by atoms with van der Waals surface area (Å²) in [4.78, 5) is 48.4. The lowest BCUT2D eigenvalue weighted by Crippen LogP contribution is -2.37. The van der Waals surface area contributed by atoms with Crippen molar-refractivity contribution < 1.29 is 14.3 Å². The van der Waals surface area contributed by atoms with Gasteiger partial charge >= 0.3 is 5.97 Å². The molecule has 0 aliphatic heterocycles. The van der Waals surface area contributed by atoms with E-state index in [1.165, 1.54) is 9.78 Å². The Morgan fingerprint density at radius 1 is 1.23 bits per heavy atom. The molecule has 31 heavy (non-hydrogen) atoms. The molecule has 162 valence electrons. The van der Waals surface area contributed by atoms with E-state index in [-0.39, 0.29) is 30.4 Å². The predicted octanol–water partition coefficient (Wildman–Crippen LogP) is 3.55. The Hall–Kier alpha value is -2.65. The molecule has 0 unspecified atom stereocenters. The van der Waals surface area contributed by atoms with Crippen molar-refractivity contribution in [3.8, 4) is 0 Å². The zero-order chi connectivity index (χ0) is 21.8. The molecule has 0 fully saturated rings. The van der Waals surface area contributed by atoms with E-state index < -0.39 is 5.97 Å². The molecule has 0 atom stereocenters. The summed E-state index contributed by atoms with van der Waals surface area (Å²) in [6.07, 6.45) is 4.16. The summed E-state index contributed by atoms with van der Waals surface area (Å²) >= 11 is 2.74. The van der Waals surface area contributed by atoms with Crippen LogP contribution < -0.4 is 10.5 Å². The molecular weight excluding hydrogens is 434 g/mol. The number of hydrogen-bond donors (Lipinski definition) is 1. The second kappa shape index (κ2) is 9.65. The molecule has 1 N–H and O–H groups in total. The van der Waals surface area contributed by atoms with E-state index in [1.54, 1.807) is 42.5 Å². The molecule has 0 spiro atoms. The van der Waals surface area contributed by atoms with Crippen LogP contribution in [0.15, 0.2) is 40.3 Å². The van der Waals surface area contributed by atoms with Gasteiger partial charge in [-0.25, -0.2) is 4.98 Å². The number of para-hydroxylation sites is 1. The van der Waals surface area contributed by atoms with E-state index in [9.17, 15) is 14.4 Å². The molecule has 1 amide bonds. The molecule has 2 heterocycles. The summed E-state index contributed by atoms with van der Waals surface area (Å²) in [5, 5.41) is 1.11. The average molecular weight is 458 g/mol. The minimum Gasteiger partial charge on any atom is -0.465 e. The number of benzene rings is 1. The van der Waals surface area contributed by atoms with E-state index in [0.29, 0.717) is 16.2 Å². The van der Waals surface area contributed by atoms with Crippen molar-refractivity contribution in [2.45, 2.75) is 37.8 Å². The number of ether oxygens (including phenoxy) is 1. The maximum absolute atomic E-state index is 12.9. The standard InChI is InChI=1S/C22H23N3O4S2/c1-2-29-18(27)12-25(14-8-4-3-5-9-14)17(26)13-30-22-23-20(28)19-15-10-6-7-11-16(15)31-21(19)24-22/h3-5,8-9H,2,6-7,10-13H2,1H3,(H,23,24,28). The molecule has 0 saturated heterocycles. The van der Waals surface area contributed by atoms with Crippen LogP contribution in [-0.4, -0.2) is 40.7 Å². The highest BCUT2D eigenvalue weighted by molar-refractivity contribution is 7.99. The fourth-order valence-electron chi connectivity index (χ4n) is 3.69. The van der Waals surface area contributed by atoms with Crippen molar-refractivity contribution >= 4 is 50.9 Å². The van der Waals surface area contributed by atoms with Gasteiger partial charge in [0.25, 0.3) is 5.56 Å². The number of thiophene rings is 1. The van der Waals surface area contributed by atoms with Crippen molar-refractivity contribution in [2.24, 2.45) is 0 Å². The van der Waals surface area contributed by atoms with Crippen molar-refractivity contribution in [3.05, 3.63) is 51.1 Å². The van der Waals surface area contributed by atoms with Gasteiger partial charge in [-0.15, -0.1) is 11.3 Å². The average Bonchev–Trinajstić information content (AvgIpc) is 3.15. The summed E-state index contributed by atoms with van der Waals surface area (Å²) in [6.45, 7) is 1.81. The highest BCUT2D eigenvalue weighted by Crippen LogP contribution is 2.34. The number of fused-ring (bicyclic) bond motifs is 3. The lowest BCUT2D eigenvalue weighted by molar-refractivity contribution is -0.142. The minimum absolute atomic E-state index is 0.0356. The molecule has 0 radical (unpaired) electrons. The van der Waals surface area contributed by atoms with Crippen LogP contribution in [0.1, 0.15) is 30.2 Å². The number of nitrogens with zero attached hydrogens (tertiary/aromatic N) is 2. The van der Waals surface area contributed by atoms with E-state index >= 15 is 0 Å². The highest BCUT2D eigenvalue weighted by Gasteiger charge is 2.22. The van der Waals surface area contributed by atoms with Gasteiger partial charge in [-0.3, -0.25) is 14.4 Å². The lowest BCUT2D eigenvalue weighted by Gasteiger charge is -2.21. The zero-order valence-electron chi connectivity index (χ0n) is 17.2. The van der Waals surface area contributed by atoms with Crippen molar-refractivity contribution in [3.63, 3.8) is 0 Å². The number of aromatic amines is 1. The molecular formula is C22H23N3O4S2. The third kappa shape index (κ3) is 4.83. The Kier molecular flexibility index (Phi) is 6.72. The fourth-order valence-corrected chi connectivity index (χ4v) is 5.74. The van der Waals surface area contributed by atoms with Crippen molar-refractivity contribution in [2.75, 3.05) is 23.8 Å². The number of amides is 1. The topological polar surface area (TPSA) is 92.4 Å². The summed E-state index contributed by atoms with van der Waals surface area (Å²) in [5.41, 5.74) is 1.60. The van der Waals surface area contributed by atoms with Crippen LogP contribution in [0.4, 0.5) is 5.69 Å². The third-order valence-corrected chi connectivity index (χ3v) is 7.14. The Bertz CT molecular complexity index is 1160. The smallest absolute Gasteiger partial charge is 0.326 e. The SMILES string of the molecule is CCOC(=O)CN(C(=O)CSc1nc2sc3c(c2c(=O)[nH]1)CCCC3)c1ccccc1. The predicted molar refractivity (Wildman–Crippen MR) is 123 cm³/mol. The quantitative estimate of drug-likeness (QED) is 0.331. The molecule has 2 aromatic heterocycles. The first-order valence-corrected chi connectivity index (χ1v) is 12.1. The molecule has 1 aromatic carbocycles. The maximum Gasteiger partial charge on any atom is 0.326 e. The minimum atomic E-state index is -0.471. The van der Waals surface area contributed by atoms with Gasteiger partial charge in [0, 0.05) is 10.6 Å². The van der Waals surface area contributed by atoms with Gasteiger partial charge in [-0.1, -0.05) is 30.0 Å². The van der Waals surface area contributed by atoms with E-state index in [1.807, 2.05) is 6.07 Å². The van der Waals surface area contributed by atoms with Crippen LogP contribution in [0.5, 0.6) is 0 Å². The van der Waals surface area contributed by atoms with Crippen LogP contribution in [-0.2, 0) is 27.2 Å². The van der Waals surface area contributed by atoms with Gasteiger partial charge in [-0.05, 0) is 50.3 Å². The van der Waals surface area contributed by atoms with Crippen LogP contribution in [0.3, 0.4) is 0 Å². The molecule has 7 nitrogen and oxygen atoms in total. The van der Waals surface area contributed by atoms with Gasteiger partial charge in [-0.2, -0.15) is 0 Å². The Balaban J connectivity index is 1.52. The Morgan fingerprint density at radius 2 is 2.00 bits per heavy atom. The highest BCUT2D eigenvalue weighted by atomic mass is 32.2. The molecule has 4 rings (SSSR count). The van der Waals surface area contributed by atoms with Gasteiger partial charge in [0.05, 0.1) is 17.7 Å². The van der Waals surface area contributed by atoms with Gasteiger partial charge in [0.1, 0.15) is 11.4 Å². The number of aromatic nitrogens is 2. The summed E-state index contributed by atoms with van der Waals surface area (Å²) < 4.78 is 5.01. The number of hydrogen-bond acceptors (Lipinski definition) is 7. The monoisotopic (exact) mass is 457 g/mol. The van der Waals surface area contributed by atoms with Crippen molar-refractivity contribution in [1.29, 1.82) is 0 Å². The van der Waals surface area contributed by atoms with Crippen LogP contribution in [0.25, 0.3) is 10.2 Å². The molecule has 0 bridgehead atoms. The van der Waals surface area contributed by atoms with E-state index in [2.05, 4.69) is 9.97 Å². The number of H-pyrrole nitrogens is 1. The first-order chi connectivity index (χ1) is 15.1. The Labute approximate surface area is 187 Å². The second-order valence-electron chi connectivity index (χ2n) is 7.17. The first kappa shape index (κ1) is 21.6. The molecule has 1 aliphatic rings. The fraction of sp³-hybridized carbons (Fsp3) is 0.364. The number of thioether (sulfide) groups is 1. The summed E-state index contributed by atoms with van der Waals surface area (Å²) in [7, 11) is 0. The summed E-state index contributed by atoms with van der Waals surface area (Å²) in [5.74, 6) is -0.701. The van der Waals surface area contributed by atoms with Crippen LogP contribution in [0.2, 0.25) is 0 Å². The van der Waals surface area contributed by atoms with Crippen LogP contribution in [0, 0.1) is 0 Å². The maximum atomic E-state index is 12.9. The summed E-state index contributed by atoms with van der Waals surface area (Å²) in [6, 6.07) is 8.99. The number of esters is 1. The second-order valence-corrected chi connectivity index (χ2v) is 9.22. The molecule has 0 saturated carbocycles. The molecule has 3 aromatic rings. The van der Waals surface area contributed by atoms with Gasteiger partial charge in [0.2, 0.25) is 5.91 Å². The Morgan fingerprint density at radius 3 is 2.77 bits per heavy atom. The van der Waals surface area contributed by atoms with Gasteiger partial charge < -0.3 is 14.6 Å². The lowest BCUT2D eigenvalue weighted by atomic mass is 9.97. The largest absolute Gasteiger partial charge is 0.465 e. The normalized spacial score (nSPS) is 13.1. The van der Waals surface area contributed by atoms with Gasteiger partial charge in [0.15, 0.2) is 5.16 Å². The first-order valence-electron chi connectivity index (χ1n) is 10.2. The zero-order valence-corrected chi connectivity index (χ0v) is 18.8. The number of anilines is 1. The third-order valence-electron chi connectivity index (χ3n) is 5.10. The number of carbonyl (C=O) groups is 2. The number of nitrogens with one attached hydrogen (secondary N) is 1. The number of rotatable bonds is 7. The molecule has 1 aliphatic carbocycles. The number of aryl methyl sites for hydroxylation is 2. The van der Waals surface area contributed by atoms with Crippen LogP contribution >= 0.6 is 23.1 Å². The van der Waals surface area contributed by atoms with E-state index in [4.69, 9.17) is 4.74 Å². The van der Waals surface area contributed by atoms with E-state index in [0.717, 1.165) is 47.8 Å².